The molecule has 0 atom stereocenters. The SMILES string of the molecule is CCC1(CNS(=O)(=O)c2cc(C)c(F)c(N)c2)CCC1. The summed E-state index contributed by atoms with van der Waals surface area (Å²) in [5.41, 5.74) is 5.68. The average Bonchev–Trinajstić information content (AvgIpc) is 2.34. The maximum absolute atomic E-state index is 13.5. The van der Waals surface area contributed by atoms with Crippen molar-refractivity contribution in [3.63, 3.8) is 0 Å². The molecule has 0 spiro atoms. The van der Waals surface area contributed by atoms with Gasteiger partial charge in [0.1, 0.15) is 5.82 Å². The number of nitrogens with two attached hydrogens (primary N) is 1. The lowest BCUT2D eigenvalue weighted by atomic mass is 9.67. The maximum atomic E-state index is 13.5. The fourth-order valence-electron chi connectivity index (χ4n) is 2.58. The summed E-state index contributed by atoms with van der Waals surface area (Å²) in [4.78, 5) is 0.0273. The first-order valence-corrected chi connectivity index (χ1v) is 8.33. The van der Waals surface area contributed by atoms with E-state index in [0.717, 1.165) is 25.7 Å². The van der Waals surface area contributed by atoms with E-state index in [2.05, 4.69) is 11.6 Å². The van der Waals surface area contributed by atoms with E-state index >= 15 is 0 Å². The first-order valence-electron chi connectivity index (χ1n) is 6.85. The molecule has 0 unspecified atom stereocenters. The van der Waals surface area contributed by atoms with Gasteiger partial charge in [-0.05, 0) is 49.3 Å². The summed E-state index contributed by atoms with van der Waals surface area (Å²) in [6.07, 6.45) is 4.21. The van der Waals surface area contributed by atoms with E-state index in [9.17, 15) is 12.8 Å². The fourth-order valence-corrected chi connectivity index (χ4v) is 3.86. The summed E-state index contributed by atoms with van der Waals surface area (Å²) in [5, 5.41) is 0. The van der Waals surface area contributed by atoms with Crippen molar-refractivity contribution in [3.05, 3.63) is 23.5 Å². The topological polar surface area (TPSA) is 72.2 Å². The number of hydrogen-bond acceptors (Lipinski definition) is 3. The van der Waals surface area contributed by atoms with Crippen molar-refractivity contribution >= 4 is 15.7 Å². The van der Waals surface area contributed by atoms with Crippen molar-refractivity contribution in [1.29, 1.82) is 0 Å². The van der Waals surface area contributed by atoms with Gasteiger partial charge in [0.25, 0.3) is 0 Å². The van der Waals surface area contributed by atoms with Crippen LogP contribution >= 0.6 is 0 Å². The summed E-state index contributed by atoms with van der Waals surface area (Å²) >= 11 is 0. The number of nitrogens with one attached hydrogen (secondary N) is 1. The van der Waals surface area contributed by atoms with Crippen LogP contribution in [0.5, 0.6) is 0 Å². The number of anilines is 1. The second-order valence-corrected chi connectivity index (χ2v) is 7.44. The number of aryl methyl sites for hydroxylation is 1. The Morgan fingerprint density at radius 1 is 1.40 bits per heavy atom. The molecule has 0 amide bonds. The number of benzene rings is 1. The number of rotatable bonds is 5. The van der Waals surface area contributed by atoms with Gasteiger partial charge in [-0.3, -0.25) is 0 Å². The van der Waals surface area contributed by atoms with Crippen molar-refractivity contribution < 1.29 is 12.8 Å². The van der Waals surface area contributed by atoms with Gasteiger partial charge in [0.2, 0.25) is 10.0 Å². The molecule has 0 heterocycles. The number of hydrogen-bond donors (Lipinski definition) is 2. The van der Waals surface area contributed by atoms with Gasteiger partial charge in [-0.25, -0.2) is 17.5 Å². The second kappa shape index (κ2) is 5.33. The lowest BCUT2D eigenvalue weighted by Gasteiger charge is -2.41. The molecule has 0 aromatic heterocycles. The minimum absolute atomic E-state index is 0.0273. The first kappa shape index (κ1) is 15.3. The smallest absolute Gasteiger partial charge is 0.240 e. The Morgan fingerprint density at radius 2 is 2.05 bits per heavy atom. The molecule has 1 saturated carbocycles. The standard InChI is InChI=1S/C14H21FN2O2S/c1-3-14(5-4-6-14)9-17-20(18,19)11-7-10(2)13(15)12(16)8-11/h7-8,17H,3-6,9,16H2,1-2H3. The van der Waals surface area contributed by atoms with Crippen LogP contribution in [0.1, 0.15) is 38.2 Å². The predicted octanol–water partition coefficient (Wildman–Crippen LogP) is 2.57. The minimum Gasteiger partial charge on any atom is -0.396 e. The van der Waals surface area contributed by atoms with Gasteiger partial charge in [0.05, 0.1) is 10.6 Å². The van der Waals surface area contributed by atoms with Gasteiger partial charge in [-0.15, -0.1) is 0 Å². The van der Waals surface area contributed by atoms with Crippen molar-refractivity contribution in [1.82, 2.24) is 4.72 Å². The zero-order valence-corrected chi connectivity index (χ0v) is 12.7. The zero-order chi connectivity index (χ0) is 15.0. The monoisotopic (exact) mass is 300 g/mol. The summed E-state index contributed by atoms with van der Waals surface area (Å²) in [7, 11) is -3.64. The third kappa shape index (κ3) is 2.81. The quantitative estimate of drug-likeness (QED) is 0.821. The van der Waals surface area contributed by atoms with Crippen molar-refractivity contribution in [3.8, 4) is 0 Å². The molecule has 112 valence electrons. The summed E-state index contributed by atoms with van der Waals surface area (Å²) < 4.78 is 40.6. The van der Waals surface area contributed by atoms with Crippen molar-refractivity contribution in [2.24, 2.45) is 5.41 Å². The molecule has 1 aromatic carbocycles. The Bertz CT molecular complexity index is 581. The predicted molar refractivity (Wildman–Crippen MR) is 77.3 cm³/mol. The van der Waals surface area contributed by atoms with Crippen molar-refractivity contribution in [2.45, 2.75) is 44.4 Å². The Balaban J connectivity index is 2.18. The average molecular weight is 300 g/mol. The highest BCUT2D eigenvalue weighted by Gasteiger charge is 2.36. The first-order chi connectivity index (χ1) is 9.30. The van der Waals surface area contributed by atoms with Crippen LogP contribution in [0.25, 0.3) is 0 Å². The Morgan fingerprint density at radius 3 is 2.50 bits per heavy atom. The van der Waals surface area contributed by atoms with E-state index in [0.29, 0.717) is 6.54 Å². The molecule has 4 nitrogen and oxygen atoms in total. The van der Waals surface area contributed by atoms with Gasteiger partial charge >= 0.3 is 0 Å². The molecule has 1 aliphatic carbocycles. The van der Waals surface area contributed by atoms with E-state index in [1.807, 2.05) is 0 Å². The van der Waals surface area contributed by atoms with Crippen LogP contribution in [-0.2, 0) is 10.0 Å². The lowest BCUT2D eigenvalue weighted by molar-refractivity contribution is 0.133. The molecular formula is C14H21FN2O2S. The highest BCUT2D eigenvalue weighted by atomic mass is 32.2. The molecule has 6 heteroatoms. The van der Waals surface area contributed by atoms with E-state index in [1.165, 1.54) is 19.1 Å². The Labute approximate surface area is 119 Å². The van der Waals surface area contributed by atoms with E-state index < -0.39 is 15.8 Å². The molecule has 2 rings (SSSR count). The van der Waals surface area contributed by atoms with Gasteiger partial charge in [0.15, 0.2) is 0 Å². The number of sulfonamides is 1. The number of nitrogen functional groups attached to an aromatic ring is 1. The normalized spacial score (nSPS) is 17.8. The van der Waals surface area contributed by atoms with Crippen LogP contribution in [0.2, 0.25) is 0 Å². The molecule has 0 saturated heterocycles. The molecule has 20 heavy (non-hydrogen) atoms. The molecule has 0 aliphatic heterocycles. The van der Waals surface area contributed by atoms with Gasteiger partial charge < -0.3 is 5.73 Å². The largest absolute Gasteiger partial charge is 0.396 e. The van der Waals surface area contributed by atoms with Crippen LogP contribution in [-0.4, -0.2) is 15.0 Å². The second-order valence-electron chi connectivity index (χ2n) is 5.68. The highest BCUT2D eigenvalue weighted by Crippen LogP contribution is 2.43. The van der Waals surface area contributed by atoms with Gasteiger partial charge in [-0.2, -0.15) is 0 Å². The lowest BCUT2D eigenvalue weighted by Crippen LogP contribution is -2.41. The van der Waals surface area contributed by atoms with Crippen LogP contribution in [0, 0.1) is 18.2 Å². The van der Waals surface area contributed by atoms with Gasteiger partial charge in [-0.1, -0.05) is 13.3 Å². The fraction of sp³-hybridized carbons (Fsp3) is 0.571. The van der Waals surface area contributed by atoms with E-state index in [-0.39, 0.29) is 21.6 Å². The molecule has 3 N–H and O–H groups in total. The molecule has 1 aliphatic rings. The molecule has 0 bridgehead atoms. The third-order valence-corrected chi connectivity index (χ3v) is 5.75. The third-order valence-electron chi connectivity index (χ3n) is 4.37. The summed E-state index contributed by atoms with van der Waals surface area (Å²) in [6, 6.07) is 2.48. The van der Waals surface area contributed by atoms with Crippen molar-refractivity contribution in [2.75, 3.05) is 12.3 Å². The Hall–Kier alpha value is -1.14. The molecule has 1 fully saturated rings. The summed E-state index contributed by atoms with van der Waals surface area (Å²) in [5.74, 6) is -0.562. The summed E-state index contributed by atoms with van der Waals surface area (Å²) in [6.45, 7) is 4.01. The number of halogens is 1. The Kier molecular flexibility index (Phi) is 4.07. The molecule has 0 radical (unpaired) electrons. The van der Waals surface area contributed by atoms with Crippen LogP contribution in [0.4, 0.5) is 10.1 Å². The van der Waals surface area contributed by atoms with E-state index in [4.69, 9.17) is 5.73 Å². The van der Waals surface area contributed by atoms with Gasteiger partial charge in [0, 0.05) is 6.54 Å². The molecular weight excluding hydrogens is 279 g/mol. The highest BCUT2D eigenvalue weighted by molar-refractivity contribution is 7.89. The van der Waals surface area contributed by atoms with Crippen LogP contribution in [0.15, 0.2) is 17.0 Å². The van der Waals surface area contributed by atoms with Crippen LogP contribution in [0.3, 0.4) is 0 Å². The zero-order valence-electron chi connectivity index (χ0n) is 11.9. The minimum atomic E-state index is -3.64. The van der Waals surface area contributed by atoms with E-state index in [1.54, 1.807) is 0 Å². The maximum Gasteiger partial charge on any atom is 0.240 e. The molecule has 1 aromatic rings. The van der Waals surface area contributed by atoms with Crippen LogP contribution < -0.4 is 10.5 Å².